The maximum atomic E-state index is 13.0. The number of piperazine rings is 1. The Balaban J connectivity index is 1.19. The molecule has 2 amide bonds. The molecule has 3 fully saturated rings. The van der Waals surface area contributed by atoms with Gasteiger partial charge in [0.25, 0.3) is 11.8 Å². The van der Waals surface area contributed by atoms with E-state index in [4.69, 9.17) is 0 Å². The van der Waals surface area contributed by atoms with Crippen LogP contribution in [0.5, 0.6) is 0 Å². The van der Waals surface area contributed by atoms with Crippen LogP contribution in [0.25, 0.3) is 11.1 Å². The zero-order valence-electron chi connectivity index (χ0n) is 20.2. The number of rotatable bonds is 6. The largest absolute Gasteiger partial charge is 0.380 e. The third kappa shape index (κ3) is 5.32. The third-order valence-electron chi connectivity index (χ3n) is 7.81. The summed E-state index contributed by atoms with van der Waals surface area (Å²) in [6, 6.07) is 15.8. The number of ketones is 1. The lowest BCUT2D eigenvalue weighted by Gasteiger charge is -2.35. The number of Topliss-reactive ketones (excluding diaryl/α,β-unsaturated/α-hetero) is 1. The van der Waals surface area contributed by atoms with Crippen molar-refractivity contribution in [3.63, 3.8) is 0 Å². The molecule has 35 heavy (non-hydrogen) atoms. The Hall–Kier alpha value is -2.99. The molecule has 6 heteroatoms. The molecule has 2 saturated carbocycles. The van der Waals surface area contributed by atoms with E-state index in [1.54, 1.807) is 9.80 Å². The maximum absolute atomic E-state index is 13.0. The molecule has 2 aliphatic carbocycles. The van der Waals surface area contributed by atoms with E-state index in [1.807, 2.05) is 42.5 Å². The second kappa shape index (κ2) is 9.94. The van der Waals surface area contributed by atoms with Crippen molar-refractivity contribution in [1.82, 2.24) is 9.80 Å². The molecule has 0 atom stereocenters. The summed E-state index contributed by atoms with van der Waals surface area (Å²) >= 11 is 0. The molecule has 184 valence electrons. The van der Waals surface area contributed by atoms with Crippen molar-refractivity contribution in [2.75, 3.05) is 26.2 Å². The first kappa shape index (κ1) is 23.7. The van der Waals surface area contributed by atoms with Crippen LogP contribution in [-0.2, 0) is 16.0 Å². The zero-order chi connectivity index (χ0) is 24.4. The Morgan fingerprint density at radius 2 is 1.49 bits per heavy atom. The molecule has 1 heterocycles. The van der Waals surface area contributed by atoms with Gasteiger partial charge in [0.2, 0.25) is 0 Å². The number of aliphatic hydroxyl groups is 1. The molecule has 1 saturated heterocycles. The van der Waals surface area contributed by atoms with Crippen LogP contribution in [0.15, 0.2) is 48.5 Å². The van der Waals surface area contributed by atoms with Crippen LogP contribution < -0.4 is 0 Å². The minimum Gasteiger partial charge on any atom is -0.380 e. The molecule has 1 N–H and O–H groups in total. The van der Waals surface area contributed by atoms with Crippen LogP contribution in [-0.4, -0.2) is 64.3 Å². The second-order valence-electron chi connectivity index (χ2n) is 10.4. The quantitative estimate of drug-likeness (QED) is 0.690. The van der Waals surface area contributed by atoms with E-state index in [2.05, 4.69) is 6.07 Å². The van der Waals surface area contributed by atoms with Crippen molar-refractivity contribution in [1.29, 1.82) is 0 Å². The fourth-order valence-corrected chi connectivity index (χ4v) is 5.36. The summed E-state index contributed by atoms with van der Waals surface area (Å²) in [6.45, 7) is 1.85. The average molecular weight is 475 g/mol. The van der Waals surface area contributed by atoms with Crippen LogP contribution in [0.1, 0.15) is 60.9 Å². The Kier molecular flexibility index (Phi) is 6.74. The molecule has 0 unspecified atom stereocenters. The van der Waals surface area contributed by atoms with Crippen molar-refractivity contribution >= 4 is 17.6 Å². The first-order valence-corrected chi connectivity index (χ1v) is 13.0. The molecule has 2 aromatic carbocycles. The molecule has 3 aliphatic rings. The highest BCUT2D eigenvalue weighted by atomic mass is 16.3. The lowest BCUT2D eigenvalue weighted by atomic mass is 9.84. The van der Waals surface area contributed by atoms with Gasteiger partial charge in [-0.3, -0.25) is 14.4 Å². The Labute approximate surface area is 206 Å². The van der Waals surface area contributed by atoms with Gasteiger partial charge in [0.15, 0.2) is 0 Å². The first-order chi connectivity index (χ1) is 16.9. The van der Waals surface area contributed by atoms with Gasteiger partial charge in [-0.25, -0.2) is 0 Å². The Bertz CT molecular complexity index is 1090. The van der Waals surface area contributed by atoms with Gasteiger partial charge in [-0.05, 0) is 54.5 Å². The standard InChI is InChI=1S/C29H34N2O4/c32-26(23-6-2-1-3-7-23)20-21-5-4-8-25(19-21)22-9-11-24(12-10-22)27(33)30-15-17-31(18-16-30)28(34)29(35)13-14-29/h4-5,8-12,19,23,35H,1-3,6-7,13-18,20H2. The molecular formula is C29H34N2O4. The van der Waals surface area contributed by atoms with Gasteiger partial charge in [0.05, 0.1) is 0 Å². The second-order valence-corrected chi connectivity index (χ2v) is 10.4. The number of carbonyl (C=O) groups excluding carboxylic acids is 3. The maximum Gasteiger partial charge on any atom is 0.254 e. The van der Waals surface area contributed by atoms with Crippen molar-refractivity contribution in [3.05, 3.63) is 59.7 Å². The van der Waals surface area contributed by atoms with Crippen LogP contribution >= 0.6 is 0 Å². The number of benzene rings is 2. The molecule has 0 radical (unpaired) electrons. The third-order valence-corrected chi connectivity index (χ3v) is 7.81. The van der Waals surface area contributed by atoms with E-state index in [0.717, 1.165) is 29.5 Å². The first-order valence-electron chi connectivity index (χ1n) is 13.0. The summed E-state index contributed by atoms with van der Waals surface area (Å²) in [5, 5.41) is 10.1. The molecule has 1 aliphatic heterocycles. The van der Waals surface area contributed by atoms with E-state index in [0.29, 0.717) is 56.8 Å². The van der Waals surface area contributed by atoms with Crippen LogP contribution in [0.4, 0.5) is 0 Å². The van der Waals surface area contributed by atoms with Gasteiger partial charge >= 0.3 is 0 Å². The summed E-state index contributed by atoms with van der Waals surface area (Å²) in [5.41, 5.74) is 2.58. The number of hydrogen-bond acceptors (Lipinski definition) is 4. The van der Waals surface area contributed by atoms with Crippen LogP contribution in [0.3, 0.4) is 0 Å². The molecule has 6 nitrogen and oxygen atoms in total. The van der Waals surface area contributed by atoms with Gasteiger partial charge < -0.3 is 14.9 Å². The van der Waals surface area contributed by atoms with E-state index < -0.39 is 5.60 Å². The topological polar surface area (TPSA) is 77.9 Å². The van der Waals surface area contributed by atoms with E-state index >= 15 is 0 Å². The van der Waals surface area contributed by atoms with Crippen molar-refractivity contribution < 1.29 is 19.5 Å². The summed E-state index contributed by atoms with van der Waals surface area (Å²) in [6.07, 6.45) is 7.20. The fraction of sp³-hybridized carbons (Fsp3) is 0.483. The smallest absolute Gasteiger partial charge is 0.254 e. The van der Waals surface area contributed by atoms with Crippen LogP contribution in [0, 0.1) is 5.92 Å². The highest BCUT2D eigenvalue weighted by molar-refractivity contribution is 5.95. The average Bonchev–Trinajstić information content (AvgIpc) is 3.67. The Morgan fingerprint density at radius 1 is 0.829 bits per heavy atom. The summed E-state index contributed by atoms with van der Waals surface area (Å²) in [7, 11) is 0. The summed E-state index contributed by atoms with van der Waals surface area (Å²) in [4.78, 5) is 41.5. The van der Waals surface area contributed by atoms with Crippen molar-refractivity contribution in [2.45, 2.75) is 57.0 Å². The van der Waals surface area contributed by atoms with E-state index in [1.165, 1.54) is 19.3 Å². The minimum atomic E-state index is -1.15. The lowest BCUT2D eigenvalue weighted by Crippen LogP contribution is -2.53. The van der Waals surface area contributed by atoms with Gasteiger partial charge in [0.1, 0.15) is 11.4 Å². The fourth-order valence-electron chi connectivity index (χ4n) is 5.36. The van der Waals surface area contributed by atoms with Gasteiger partial charge in [0, 0.05) is 44.1 Å². The predicted octanol–water partition coefficient (Wildman–Crippen LogP) is 3.85. The Morgan fingerprint density at radius 3 is 2.14 bits per heavy atom. The molecular weight excluding hydrogens is 440 g/mol. The SMILES string of the molecule is O=C(Cc1cccc(-c2ccc(C(=O)N3CCN(C(=O)C4(O)CC4)CC3)cc2)c1)C1CCCCC1. The monoisotopic (exact) mass is 474 g/mol. The zero-order valence-corrected chi connectivity index (χ0v) is 20.2. The number of amides is 2. The number of nitrogens with zero attached hydrogens (tertiary/aromatic N) is 2. The van der Waals surface area contributed by atoms with Crippen molar-refractivity contribution in [3.8, 4) is 11.1 Å². The molecule has 0 aromatic heterocycles. The highest BCUT2D eigenvalue weighted by Crippen LogP contribution is 2.37. The summed E-state index contributed by atoms with van der Waals surface area (Å²) in [5.74, 6) is 0.337. The van der Waals surface area contributed by atoms with Gasteiger partial charge in [-0.2, -0.15) is 0 Å². The lowest BCUT2D eigenvalue weighted by molar-refractivity contribution is -0.143. The molecule has 0 spiro atoms. The van der Waals surface area contributed by atoms with Crippen LogP contribution in [0.2, 0.25) is 0 Å². The predicted molar refractivity (Wildman–Crippen MR) is 134 cm³/mol. The van der Waals surface area contributed by atoms with E-state index in [-0.39, 0.29) is 17.7 Å². The minimum absolute atomic E-state index is 0.0411. The number of carbonyl (C=O) groups is 3. The van der Waals surface area contributed by atoms with Gasteiger partial charge in [-0.15, -0.1) is 0 Å². The highest BCUT2D eigenvalue weighted by Gasteiger charge is 2.50. The molecule has 2 aromatic rings. The van der Waals surface area contributed by atoms with Gasteiger partial charge in [-0.1, -0.05) is 55.7 Å². The molecule has 5 rings (SSSR count). The molecule has 0 bridgehead atoms. The number of hydrogen-bond donors (Lipinski definition) is 1. The normalized spacial score (nSPS) is 19.9. The van der Waals surface area contributed by atoms with E-state index in [9.17, 15) is 19.5 Å². The van der Waals surface area contributed by atoms with Crippen molar-refractivity contribution in [2.24, 2.45) is 5.92 Å². The summed E-state index contributed by atoms with van der Waals surface area (Å²) < 4.78 is 0.